The molecule has 7 heteroatoms. The molecule has 0 spiro atoms. The van der Waals surface area contributed by atoms with E-state index in [-0.39, 0.29) is 6.04 Å². The van der Waals surface area contributed by atoms with E-state index >= 15 is 0 Å². The molecule has 2 aliphatic rings. The fourth-order valence-corrected chi connectivity index (χ4v) is 4.07. The summed E-state index contributed by atoms with van der Waals surface area (Å²) in [5, 5.41) is 9.79. The molecule has 0 saturated carbocycles. The lowest BCUT2D eigenvalue weighted by molar-refractivity contribution is -0.137. The summed E-state index contributed by atoms with van der Waals surface area (Å²) in [6, 6.07) is 10.2. The average Bonchev–Trinajstić information content (AvgIpc) is 3.05. The van der Waals surface area contributed by atoms with E-state index in [9.17, 15) is 13.2 Å². The summed E-state index contributed by atoms with van der Waals surface area (Å²) in [6.45, 7) is 1.64. The number of alkyl halides is 3. The summed E-state index contributed by atoms with van der Waals surface area (Å²) >= 11 is 1.37. The molecule has 1 unspecified atom stereocenters. The lowest BCUT2D eigenvalue weighted by atomic mass is 10.1. The van der Waals surface area contributed by atoms with Crippen LogP contribution < -0.4 is 16.0 Å². The van der Waals surface area contributed by atoms with Gasteiger partial charge in [0.05, 0.1) is 22.6 Å². The number of anilines is 3. The van der Waals surface area contributed by atoms with E-state index < -0.39 is 11.7 Å². The van der Waals surface area contributed by atoms with Gasteiger partial charge in [-0.3, -0.25) is 0 Å². The topological polar surface area (TPSA) is 36.1 Å². The number of halogens is 3. The molecule has 2 heterocycles. The van der Waals surface area contributed by atoms with Crippen LogP contribution in [-0.4, -0.2) is 19.1 Å². The smallest absolute Gasteiger partial charge is 0.379 e. The molecule has 1 fully saturated rings. The van der Waals surface area contributed by atoms with E-state index in [1.54, 1.807) is 0 Å². The summed E-state index contributed by atoms with van der Waals surface area (Å²) in [5.74, 6) is 0. The molecular formula is C17H16F3N3S. The first-order chi connectivity index (χ1) is 11.5. The van der Waals surface area contributed by atoms with Crippen molar-refractivity contribution in [2.45, 2.75) is 28.4 Å². The van der Waals surface area contributed by atoms with Crippen molar-refractivity contribution in [2.75, 3.05) is 23.7 Å². The highest BCUT2D eigenvalue weighted by atomic mass is 32.2. The van der Waals surface area contributed by atoms with Crippen molar-refractivity contribution in [3.63, 3.8) is 0 Å². The fourth-order valence-electron chi connectivity index (χ4n) is 3.01. The van der Waals surface area contributed by atoms with Gasteiger partial charge >= 0.3 is 6.18 Å². The summed E-state index contributed by atoms with van der Waals surface area (Å²) < 4.78 is 39.8. The number of fused-ring (bicyclic) bond motifs is 2. The summed E-state index contributed by atoms with van der Waals surface area (Å²) in [5.41, 5.74) is 1.53. The maximum atomic E-state index is 13.3. The van der Waals surface area contributed by atoms with Crippen molar-refractivity contribution < 1.29 is 13.2 Å². The summed E-state index contributed by atoms with van der Waals surface area (Å²) in [6.07, 6.45) is -3.47. The highest BCUT2D eigenvalue weighted by molar-refractivity contribution is 7.99. The Hall–Kier alpha value is -1.86. The predicted octanol–water partition coefficient (Wildman–Crippen LogP) is 4.69. The van der Waals surface area contributed by atoms with Crippen molar-refractivity contribution in [1.82, 2.24) is 5.32 Å². The van der Waals surface area contributed by atoms with Crippen molar-refractivity contribution in [2.24, 2.45) is 0 Å². The Morgan fingerprint density at radius 2 is 1.96 bits per heavy atom. The standard InChI is InChI=1S/C17H16F3N3S/c18-17(19,20)10-7-13(22-11-5-6-21-9-11)16-15(8-10)24-14-4-2-1-3-12(14)23-16/h1-4,7-8,11,21-23H,5-6,9H2. The SMILES string of the molecule is FC(F)(F)c1cc(NC2CCNC2)c2c(c1)Sc1ccccc1N2. The number of hydrogen-bond acceptors (Lipinski definition) is 4. The van der Waals surface area contributed by atoms with Gasteiger partial charge < -0.3 is 16.0 Å². The number of para-hydroxylation sites is 1. The number of nitrogens with one attached hydrogen (secondary N) is 3. The fraction of sp³-hybridized carbons (Fsp3) is 0.294. The minimum absolute atomic E-state index is 0.140. The number of benzene rings is 2. The van der Waals surface area contributed by atoms with Crippen LogP contribution in [0.3, 0.4) is 0 Å². The molecule has 0 amide bonds. The Labute approximate surface area is 142 Å². The van der Waals surface area contributed by atoms with E-state index in [1.807, 2.05) is 24.3 Å². The Morgan fingerprint density at radius 3 is 2.71 bits per heavy atom. The van der Waals surface area contributed by atoms with Gasteiger partial charge in [-0.2, -0.15) is 13.2 Å². The first-order valence-corrected chi connectivity index (χ1v) is 8.59. The molecule has 3 N–H and O–H groups in total. The third-order valence-electron chi connectivity index (χ3n) is 4.22. The largest absolute Gasteiger partial charge is 0.416 e. The molecule has 2 aliphatic heterocycles. The van der Waals surface area contributed by atoms with Crippen LogP contribution in [-0.2, 0) is 6.18 Å². The third-order valence-corrected chi connectivity index (χ3v) is 5.33. The van der Waals surface area contributed by atoms with E-state index in [1.165, 1.54) is 23.9 Å². The van der Waals surface area contributed by atoms with Crippen LogP contribution in [0.4, 0.5) is 30.2 Å². The predicted molar refractivity (Wildman–Crippen MR) is 90.2 cm³/mol. The van der Waals surface area contributed by atoms with Gasteiger partial charge in [-0.15, -0.1) is 0 Å². The molecule has 1 atom stereocenters. The van der Waals surface area contributed by atoms with Gasteiger partial charge in [0.25, 0.3) is 0 Å². The molecule has 0 bridgehead atoms. The molecule has 24 heavy (non-hydrogen) atoms. The van der Waals surface area contributed by atoms with Gasteiger partial charge in [-0.25, -0.2) is 0 Å². The molecule has 0 radical (unpaired) electrons. The van der Waals surface area contributed by atoms with E-state index in [0.29, 0.717) is 10.6 Å². The Kier molecular flexibility index (Phi) is 3.85. The van der Waals surface area contributed by atoms with Gasteiger partial charge in [-0.1, -0.05) is 23.9 Å². The highest BCUT2D eigenvalue weighted by Gasteiger charge is 2.33. The van der Waals surface area contributed by atoms with Crippen LogP contribution in [0.5, 0.6) is 0 Å². The quantitative estimate of drug-likeness (QED) is 0.626. The zero-order valence-corrected chi connectivity index (χ0v) is 13.5. The minimum Gasteiger partial charge on any atom is -0.379 e. The molecule has 4 rings (SSSR count). The van der Waals surface area contributed by atoms with Gasteiger partial charge in [0, 0.05) is 22.4 Å². The van der Waals surface area contributed by atoms with E-state index in [0.717, 1.165) is 35.8 Å². The highest BCUT2D eigenvalue weighted by Crippen LogP contribution is 2.49. The van der Waals surface area contributed by atoms with Gasteiger partial charge in [0.15, 0.2) is 0 Å². The van der Waals surface area contributed by atoms with Crippen molar-refractivity contribution in [3.8, 4) is 0 Å². The van der Waals surface area contributed by atoms with Crippen LogP contribution in [0.25, 0.3) is 0 Å². The van der Waals surface area contributed by atoms with Crippen molar-refractivity contribution >= 4 is 28.8 Å². The van der Waals surface area contributed by atoms with E-state index in [4.69, 9.17) is 0 Å². The van der Waals surface area contributed by atoms with Crippen molar-refractivity contribution in [3.05, 3.63) is 42.0 Å². The van der Waals surface area contributed by atoms with Crippen molar-refractivity contribution in [1.29, 1.82) is 0 Å². The summed E-state index contributed by atoms with van der Waals surface area (Å²) in [4.78, 5) is 1.52. The van der Waals surface area contributed by atoms with Crippen LogP contribution in [0, 0.1) is 0 Å². The summed E-state index contributed by atoms with van der Waals surface area (Å²) in [7, 11) is 0. The van der Waals surface area contributed by atoms with Gasteiger partial charge in [-0.05, 0) is 37.2 Å². The van der Waals surface area contributed by atoms with Gasteiger partial charge in [0.2, 0.25) is 0 Å². The minimum atomic E-state index is -4.36. The Morgan fingerprint density at radius 1 is 1.12 bits per heavy atom. The average molecular weight is 351 g/mol. The molecule has 0 aliphatic carbocycles. The second-order valence-corrected chi connectivity index (χ2v) is 7.04. The molecule has 0 aromatic heterocycles. The molecule has 126 valence electrons. The Balaban J connectivity index is 1.77. The van der Waals surface area contributed by atoms with E-state index in [2.05, 4.69) is 16.0 Å². The molecule has 1 saturated heterocycles. The molecule has 3 nitrogen and oxygen atoms in total. The zero-order chi connectivity index (χ0) is 16.7. The second-order valence-electron chi connectivity index (χ2n) is 5.95. The van der Waals surface area contributed by atoms with Crippen LogP contribution >= 0.6 is 11.8 Å². The number of hydrogen-bond donors (Lipinski definition) is 3. The first kappa shape index (κ1) is 15.7. The van der Waals surface area contributed by atoms with Crippen LogP contribution in [0.1, 0.15) is 12.0 Å². The zero-order valence-electron chi connectivity index (χ0n) is 12.7. The van der Waals surface area contributed by atoms with Gasteiger partial charge in [0.1, 0.15) is 0 Å². The lowest BCUT2D eigenvalue weighted by Crippen LogP contribution is -2.23. The maximum Gasteiger partial charge on any atom is 0.416 e. The molecule has 2 aromatic carbocycles. The van der Waals surface area contributed by atoms with Crippen LogP contribution in [0.15, 0.2) is 46.2 Å². The monoisotopic (exact) mass is 351 g/mol. The normalized spacial score (nSPS) is 19.4. The van der Waals surface area contributed by atoms with Crippen LogP contribution in [0.2, 0.25) is 0 Å². The second kappa shape index (κ2) is 5.89. The Bertz CT molecular complexity index is 770. The maximum absolute atomic E-state index is 13.3. The first-order valence-electron chi connectivity index (χ1n) is 7.77. The number of rotatable bonds is 2. The molecule has 2 aromatic rings. The third kappa shape index (κ3) is 2.93. The lowest BCUT2D eigenvalue weighted by Gasteiger charge is -2.26. The molecular weight excluding hydrogens is 335 g/mol.